The van der Waals surface area contributed by atoms with Crippen LogP contribution in [0.4, 0.5) is 0 Å². The van der Waals surface area contributed by atoms with Gasteiger partial charge in [0.2, 0.25) is 0 Å². The standard InChI is InChI=1S/C15H16.C11H11N.C4H10/c1-2-6-13-9-11-15(12-10-13)14-7-4-3-5-8-14;1-8-4-3-5-10-7-6-9(2)12-11(8)10;1-4(2)3/h3-5,7-12H,2,6H2,1H3;3-7H,1-2H3;4H,1-3H3. The molecule has 31 heavy (non-hydrogen) atoms. The van der Waals surface area contributed by atoms with Gasteiger partial charge in [0, 0.05) is 11.1 Å². The second kappa shape index (κ2) is 12.7. The molecule has 0 aliphatic carbocycles. The van der Waals surface area contributed by atoms with Gasteiger partial charge in [0.25, 0.3) is 0 Å². The van der Waals surface area contributed by atoms with Crippen molar-refractivity contribution in [2.45, 2.75) is 54.4 Å². The van der Waals surface area contributed by atoms with Crippen molar-refractivity contribution < 1.29 is 0 Å². The van der Waals surface area contributed by atoms with Gasteiger partial charge in [0.15, 0.2) is 0 Å². The zero-order valence-corrected chi connectivity index (χ0v) is 20.0. The molecular weight excluding hydrogens is 374 g/mol. The predicted octanol–water partition coefficient (Wildman–Crippen LogP) is 8.82. The van der Waals surface area contributed by atoms with Gasteiger partial charge in [-0.3, -0.25) is 4.98 Å². The van der Waals surface area contributed by atoms with Crippen LogP contribution in [0, 0.1) is 19.8 Å². The Bertz CT molecular complexity index is 1030. The van der Waals surface area contributed by atoms with Crippen LogP contribution in [0.2, 0.25) is 0 Å². The summed E-state index contributed by atoms with van der Waals surface area (Å²) in [5.41, 5.74) is 7.47. The highest BCUT2D eigenvalue weighted by Gasteiger charge is 1.97. The van der Waals surface area contributed by atoms with Gasteiger partial charge in [0.1, 0.15) is 0 Å². The number of pyridine rings is 1. The lowest BCUT2D eigenvalue weighted by Crippen LogP contribution is -1.85. The van der Waals surface area contributed by atoms with Gasteiger partial charge in [-0.1, -0.05) is 113 Å². The number of rotatable bonds is 3. The monoisotopic (exact) mass is 411 g/mol. The molecule has 1 nitrogen and oxygen atoms in total. The Kier molecular flexibility index (Phi) is 9.97. The van der Waals surface area contributed by atoms with E-state index in [9.17, 15) is 0 Å². The lowest BCUT2D eigenvalue weighted by Gasteiger charge is -2.03. The highest BCUT2D eigenvalue weighted by atomic mass is 14.7. The Hall–Kier alpha value is -2.93. The van der Waals surface area contributed by atoms with Crippen LogP contribution in [0.3, 0.4) is 0 Å². The molecule has 0 saturated heterocycles. The topological polar surface area (TPSA) is 12.9 Å². The number of fused-ring (bicyclic) bond motifs is 1. The van der Waals surface area contributed by atoms with E-state index in [0.717, 1.165) is 17.1 Å². The summed E-state index contributed by atoms with van der Waals surface area (Å²) in [5, 5.41) is 1.22. The van der Waals surface area contributed by atoms with Crippen molar-refractivity contribution in [2.75, 3.05) is 0 Å². The van der Waals surface area contributed by atoms with Crippen molar-refractivity contribution in [1.29, 1.82) is 0 Å². The summed E-state index contributed by atoms with van der Waals surface area (Å²) < 4.78 is 0. The third-order valence-electron chi connectivity index (χ3n) is 4.66. The molecule has 0 atom stereocenters. The van der Waals surface area contributed by atoms with Crippen LogP contribution in [0.5, 0.6) is 0 Å². The van der Waals surface area contributed by atoms with Crippen LogP contribution in [0.25, 0.3) is 22.0 Å². The second-order valence-corrected chi connectivity index (χ2v) is 8.64. The molecule has 4 rings (SSSR count). The summed E-state index contributed by atoms with van der Waals surface area (Å²) in [6, 6.07) is 29.8. The molecule has 1 aromatic heterocycles. The third-order valence-corrected chi connectivity index (χ3v) is 4.66. The Morgan fingerprint density at radius 3 is 1.90 bits per heavy atom. The molecule has 0 saturated carbocycles. The van der Waals surface area contributed by atoms with E-state index in [1.807, 2.05) is 13.0 Å². The Labute approximate surface area is 189 Å². The molecular formula is C30H37N. The molecule has 0 spiro atoms. The molecule has 0 amide bonds. The molecule has 4 aromatic rings. The fourth-order valence-electron chi connectivity index (χ4n) is 3.18. The maximum atomic E-state index is 4.48. The first-order valence-electron chi connectivity index (χ1n) is 11.4. The Morgan fingerprint density at radius 2 is 1.29 bits per heavy atom. The quantitative estimate of drug-likeness (QED) is 0.328. The van der Waals surface area contributed by atoms with Gasteiger partial charge in [-0.25, -0.2) is 0 Å². The van der Waals surface area contributed by atoms with Gasteiger partial charge in [-0.05, 0) is 54.5 Å². The second-order valence-electron chi connectivity index (χ2n) is 8.64. The van der Waals surface area contributed by atoms with E-state index in [2.05, 4.69) is 118 Å². The average molecular weight is 412 g/mol. The molecule has 0 aliphatic heterocycles. The minimum Gasteiger partial charge on any atom is -0.253 e. The van der Waals surface area contributed by atoms with E-state index in [0.29, 0.717) is 0 Å². The fourth-order valence-corrected chi connectivity index (χ4v) is 3.18. The Morgan fingerprint density at radius 1 is 0.677 bits per heavy atom. The van der Waals surface area contributed by atoms with E-state index in [4.69, 9.17) is 0 Å². The number of hydrogen-bond acceptors (Lipinski definition) is 1. The largest absolute Gasteiger partial charge is 0.253 e. The summed E-state index contributed by atoms with van der Waals surface area (Å²) in [5.74, 6) is 0.833. The molecule has 162 valence electrons. The highest BCUT2D eigenvalue weighted by molar-refractivity contribution is 5.81. The van der Waals surface area contributed by atoms with Crippen molar-refractivity contribution in [1.82, 2.24) is 4.98 Å². The van der Waals surface area contributed by atoms with Crippen LogP contribution in [0.1, 0.15) is 50.9 Å². The maximum absolute atomic E-state index is 4.48. The number of aromatic nitrogens is 1. The number of hydrogen-bond donors (Lipinski definition) is 0. The van der Waals surface area contributed by atoms with Crippen LogP contribution >= 0.6 is 0 Å². The van der Waals surface area contributed by atoms with E-state index in [1.165, 1.54) is 40.5 Å². The van der Waals surface area contributed by atoms with Gasteiger partial charge in [0.05, 0.1) is 5.52 Å². The molecule has 0 bridgehead atoms. The number of para-hydroxylation sites is 1. The summed E-state index contributed by atoms with van der Waals surface area (Å²) in [6.07, 6.45) is 2.39. The minimum absolute atomic E-state index is 0.833. The fraction of sp³-hybridized carbons (Fsp3) is 0.300. The smallest absolute Gasteiger partial charge is 0.0734 e. The van der Waals surface area contributed by atoms with Gasteiger partial charge >= 0.3 is 0 Å². The van der Waals surface area contributed by atoms with Gasteiger partial charge in [-0.15, -0.1) is 0 Å². The van der Waals surface area contributed by atoms with Crippen LogP contribution in [-0.2, 0) is 6.42 Å². The molecule has 0 radical (unpaired) electrons. The Balaban J connectivity index is 0.000000192. The van der Waals surface area contributed by atoms with Crippen molar-refractivity contribution in [3.8, 4) is 11.1 Å². The number of benzene rings is 3. The zero-order chi connectivity index (χ0) is 22.6. The molecule has 0 fully saturated rings. The number of nitrogens with zero attached hydrogens (tertiary/aromatic N) is 1. The third kappa shape index (κ3) is 8.38. The van der Waals surface area contributed by atoms with Crippen LogP contribution < -0.4 is 0 Å². The minimum atomic E-state index is 0.833. The first-order valence-corrected chi connectivity index (χ1v) is 11.4. The van der Waals surface area contributed by atoms with Crippen molar-refractivity contribution >= 4 is 10.9 Å². The molecule has 0 N–H and O–H groups in total. The van der Waals surface area contributed by atoms with E-state index in [-0.39, 0.29) is 0 Å². The summed E-state index contributed by atoms with van der Waals surface area (Å²) in [4.78, 5) is 4.48. The maximum Gasteiger partial charge on any atom is 0.0734 e. The molecule has 1 heterocycles. The van der Waals surface area contributed by atoms with E-state index < -0.39 is 0 Å². The lowest BCUT2D eigenvalue weighted by molar-refractivity contribution is 0.737. The molecule has 0 unspecified atom stereocenters. The SMILES string of the molecule is CC(C)C.CCCc1ccc(-c2ccccc2)cc1.Cc1ccc2cccc(C)c2n1. The van der Waals surface area contributed by atoms with Crippen molar-refractivity contribution in [2.24, 2.45) is 5.92 Å². The number of aryl methyl sites for hydroxylation is 3. The molecule has 1 heteroatoms. The van der Waals surface area contributed by atoms with Crippen LogP contribution in [0.15, 0.2) is 84.9 Å². The van der Waals surface area contributed by atoms with E-state index in [1.54, 1.807) is 0 Å². The first-order chi connectivity index (χ1) is 14.9. The van der Waals surface area contributed by atoms with Gasteiger partial charge < -0.3 is 0 Å². The summed E-state index contributed by atoms with van der Waals surface area (Å²) >= 11 is 0. The molecule has 0 aliphatic rings. The van der Waals surface area contributed by atoms with Gasteiger partial charge in [-0.2, -0.15) is 0 Å². The lowest BCUT2D eigenvalue weighted by atomic mass is 10.0. The normalized spacial score (nSPS) is 10.2. The van der Waals surface area contributed by atoms with Crippen molar-refractivity contribution in [3.63, 3.8) is 0 Å². The average Bonchev–Trinajstić information content (AvgIpc) is 2.76. The first kappa shape index (κ1) is 24.3. The molecule has 3 aromatic carbocycles. The van der Waals surface area contributed by atoms with Crippen LogP contribution in [-0.4, -0.2) is 4.98 Å². The zero-order valence-electron chi connectivity index (χ0n) is 20.0. The predicted molar refractivity (Wildman–Crippen MR) is 138 cm³/mol. The summed E-state index contributed by atoms with van der Waals surface area (Å²) in [7, 11) is 0. The summed E-state index contributed by atoms with van der Waals surface area (Å²) in [6.45, 7) is 12.8. The van der Waals surface area contributed by atoms with E-state index >= 15 is 0 Å². The van der Waals surface area contributed by atoms with Crippen molar-refractivity contribution in [3.05, 3.63) is 102 Å². The highest BCUT2D eigenvalue weighted by Crippen LogP contribution is 2.19.